The second kappa shape index (κ2) is 6.95. The monoisotopic (exact) mass is 134 g/mol. The number of hydrogen-bond acceptors (Lipinski definition) is 2. The Balaban J connectivity index is 2.72. The second-order valence-corrected chi connectivity index (χ2v) is 1.61. The smallest absolute Gasteiger partial charge is 0.0147 e. The Morgan fingerprint density at radius 2 is 2.38 bits per heavy atom. The van der Waals surface area contributed by atoms with Crippen molar-refractivity contribution < 1.29 is 0 Å². The van der Waals surface area contributed by atoms with Gasteiger partial charge < -0.3 is 11.1 Å². The molecule has 0 rings (SSSR count). The number of halogens is 1. The molecule has 48 valence electrons. The summed E-state index contributed by atoms with van der Waals surface area (Å²) in [4.78, 5) is 0. The summed E-state index contributed by atoms with van der Waals surface area (Å²) in [7, 11) is 0. The first-order valence-corrected chi connectivity index (χ1v) is 3.01. The van der Waals surface area contributed by atoms with Crippen molar-refractivity contribution in [2.75, 3.05) is 19.6 Å². The summed E-state index contributed by atoms with van der Waals surface area (Å²) in [6.45, 7) is 2.33. The largest absolute Gasteiger partial charge is 0.329 e. The van der Waals surface area contributed by atoms with Crippen LogP contribution in [0.15, 0.2) is 11.6 Å². The molecule has 0 saturated carbocycles. The third kappa shape index (κ3) is 5.95. The van der Waals surface area contributed by atoms with Crippen LogP contribution in [0.25, 0.3) is 0 Å². The molecule has 0 spiro atoms. The van der Waals surface area contributed by atoms with Crippen molar-refractivity contribution in [3.8, 4) is 0 Å². The van der Waals surface area contributed by atoms with Gasteiger partial charge >= 0.3 is 0 Å². The van der Waals surface area contributed by atoms with Crippen molar-refractivity contribution in [3.63, 3.8) is 0 Å². The lowest BCUT2D eigenvalue weighted by atomic mass is 10.6. The van der Waals surface area contributed by atoms with E-state index in [1.807, 2.05) is 6.08 Å². The summed E-state index contributed by atoms with van der Waals surface area (Å²) in [6, 6.07) is 0. The zero-order valence-corrected chi connectivity index (χ0v) is 5.49. The molecule has 0 heterocycles. The fourth-order valence-electron chi connectivity index (χ4n) is 0.332. The quantitative estimate of drug-likeness (QED) is 0.543. The molecule has 0 amide bonds. The number of rotatable bonds is 4. The van der Waals surface area contributed by atoms with E-state index >= 15 is 0 Å². The van der Waals surface area contributed by atoms with Gasteiger partial charge in [0.1, 0.15) is 0 Å². The topological polar surface area (TPSA) is 38.0 Å². The van der Waals surface area contributed by atoms with Crippen LogP contribution in [-0.4, -0.2) is 19.6 Å². The molecule has 0 atom stereocenters. The molecule has 8 heavy (non-hydrogen) atoms. The molecule has 0 unspecified atom stereocenters. The van der Waals surface area contributed by atoms with Gasteiger partial charge in [0, 0.05) is 25.2 Å². The predicted octanol–water partition coefficient (Wildman–Crippen LogP) is 0.287. The van der Waals surface area contributed by atoms with Gasteiger partial charge in [0.25, 0.3) is 0 Å². The van der Waals surface area contributed by atoms with Crippen molar-refractivity contribution in [2.24, 2.45) is 5.73 Å². The second-order valence-electron chi connectivity index (χ2n) is 1.35. The molecule has 0 saturated heterocycles. The Hall–Kier alpha value is -0.0500. The zero-order valence-electron chi connectivity index (χ0n) is 4.73. The van der Waals surface area contributed by atoms with E-state index in [9.17, 15) is 0 Å². The molecule has 0 aromatic rings. The lowest BCUT2D eigenvalue weighted by molar-refractivity contribution is 0.754. The van der Waals surface area contributed by atoms with Crippen LogP contribution < -0.4 is 11.1 Å². The first-order chi connectivity index (χ1) is 3.91. The van der Waals surface area contributed by atoms with Crippen LogP contribution >= 0.6 is 11.6 Å². The van der Waals surface area contributed by atoms with Crippen LogP contribution in [0.4, 0.5) is 0 Å². The van der Waals surface area contributed by atoms with Crippen molar-refractivity contribution in [1.29, 1.82) is 0 Å². The van der Waals surface area contributed by atoms with Gasteiger partial charge in [0.2, 0.25) is 0 Å². The van der Waals surface area contributed by atoms with E-state index in [2.05, 4.69) is 5.32 Å². The van der Waals surface area contributed by atoms with Gasteiger partial charge in [-0.05, 0) is 0 Å². The maximum atomic E-state index is 5.23. The summed E-state index contributed by atoms with van der Waals surface area (Å²) in [5.41, 5.74) is 6.68. The highest BCUT2D eigenvalue weighted by molar-refractivity contribution is 6.25. The van der Waals surface area contributed by atoms with Crippen LogP contribution in [0.1, 0.15) is 0 Å². The van der Waals surface area contributed by atoms with E-state index < -0.39 is 0 Å². The van der Waals surface area contributed by atoms with E-state index in [0.717, 1.165) is 13.1 Å². The average Bonchev–Trinajstić information content (AvgIpc) is 1.81. The van der Waals surface area contributed by atoms with Gasteiger partial charge in [0.05, 0.1) is 0 Å². The van der Waals surface area contributed by atoms with Crippen molar-refractivity contribution in [1.82, 2.24) is 5.32 Å². The molecule has 0 aliphatic heterocycles. The molecule has 0 radical (unpaired) electrons. The summed E-state index contributed by atoms with van der Waals surface area (Å²) in [5, 5.41) is 3.04. The third-order valence-electron chi connectivity index (χ3n) is 0.672. The van der Waals surface area contributed by atoms with Gasteiger partial charge in [-0.15, -0.1) is 0 Å². The highest BCUT2D eigenvalue weighted by Crippen LogP contribution is 1.73. The summed E-state index contributed by atoms with van der Waals surface area (Å²) in [5.74, 6) is 0. The lowest BCUT2D eigenvalue weighted by Crippen LogP contribution is -2.22. The SMILES string of the molecule is NCCNC/C=C/Cl. The first kappa shape index (κ1) is 7.95. The van der Waals surface area contributed by atoms with E-state index in [0.29, 0.717) is 6.54 Å². The van der Waals surface area contributed by atoms with Crippen molar-refractivity contribution >= 4 is 11.6 Å². The molecular weight excluding hydrogens is 124 g/mol. The highest BCUT2D eigenvalue weighted by Gasteiger charge is 1.75. The van der Waals surface area contributed by atoms with Crippen LogP contribution in [0.3, 0.4) is 0 Å². The molecule has 3 N–H and O–H groups in total. The average molecular weight is 135 g/mol. The highest BCUT2D eigenvalue weighted by atomic mass is 35.5. The predicted molar refractivity (Wildman–Crippen MR) is 36.9 cm³/mol. The van der Waals surface area contributed by atoms with Gasteiger partial charge in [-0.3, -0.25) is 0 Å². The van der Waals surface area contributed by atoms with Gasteiger partial charge in [0.15, 0.2) is 0 Å². The minimum absolute atomic E-state index is 0.677. The fourth-order valence-corrected chi connectivity index (χ4v) is 0.421. The molecule has 3 heteroatoms. The Labute approximate surface area is 54.7 Å². The van der Waals surface area contributed by atoms with Crippen molar-refractivity contribution in [3.05, 3.63) is 11.6 Å². The molecule has 2 nitrogen and oxygen atoms in total. The Bertz CT molecular complexity index is 63.4. The molecule has 0 bridgehead atoms. The first-order valence-electron chi connectivity index (χ1n) is 2.58. The van der Waals surface area contributed by atoms with Gasteiger partial charge in [-0.2, -0.15) is 0 Å². The van der Waals surface area contributed by atoms with Crippen LogP contribution in [0, 0.1) is 0 Å². The Morgan fingerprint density at radius 1 is 1.62 bits per heavy atom. The zero-order chi connectivity index (χ0) is 6.24. The molecule has 0 aliphatic carbocycles. The fraction of sp³-hybridized carbons (Fsp3) is 0.600. The molecule has 0 fully saturated rings. The van der Waals surface area contributed by atoms with Crippen LogP contribution in [0.2, 0.25) is 0 Å². The molecular formula is C5H11ClN2. The lowest BCUT2D eigenvalue weighted by Gasteiger charge is -1.93. The number of hydrogen-bond donors (Lipinski definition) is 2. The normalized spacial score (nSPS) is 10.8. The minimum atomic E-state index is 0.677. The summed E-state index contributed by atoms with van der Waals surface area (Å²) < 4.78 is 0. The molecule has 0 aliphatic rings. The minimum Gasteiger partial charge on any atom is -0.329 e. The molecule has 0 aromatic carbocycles. The van der Waals surface area contributed by atoms with Crippen molar-refractivity contribution in [2.45, 2.75) is 0 Å². The molecule has 0 aromatic heterocycles. The third-order valence-corrected chi connectivity index (χ3v) is 0.851. The van der Waals surface area contributed by atoms with Gasteiger partial charge in [-0.1, -0.05) is 17.7 Å². The van der Waals surface area contributed by atoms with E-state index in [-0.39, 0.29) is 0 Å². The van der Waals surface area contributed by atoms with Crippen LogP contribution in [0.5, 0.6) is 0 Å². The van der Waals surface area contributed by atoms with Crippen LogP contribution in [-0.2, 0) is 0 Å². The summed E-state index contributed by atoms with van der Waals surface area (Å²) in [6.07, 6.45) is 1.83. The summed E-state index contributed by atoms with van der Waals surface area (Å²) >= 11 is 5.23. The van der Waals surface area contributed by atoms with E-state index in [1.165, 1.54) is 5.54 Å². The maximum absolute atomic E-state index is 5.23. The standard InChI is InChI=1S/C5H11ClN2/c6-2-1-4-8-5-3-7/h1-2,8H,3-5,7H2/b2-1+. The van der Waals surface area contributed by atoms with E-state index in [4.69, 9.17) is 17.3 Å². The number of nitrogens with one attached hydrogen (secondary N) is 1. The maximum Gasteiger partial charge on any atom is 0.0147 e. The van der Waals surface area contributed by atoms with Gasteiger partial charge in [-0.25, -0.2) is 0 Å². The Morgan fingerprint density at radius 3 is 2.88 bits per heavy atom. The number of nitrogens with two attached hydrogens (primary N) is 1. The Kier molecular flexibility index (Phi) is 6.91. The van der Waals surface area contributed by atoms with E-state index in [1.54, 1.807) is 0 Å².